The molecule has 0 aliphatic heterocycles. The number of rotatable bonds is 7. The van der Waals surface area contributed by atoms with Gasteiger partial charge in [-0.05, 0) is 38.7 Å². The molecule has 1 atom stereocenters. The Balaban J connectivity index is 2.66. The van der Waals surface area contributed by atoms with Gasteiger partial charge in [0.25, 0.3) is 0 Å². The summed E-state index contributed by atoms with van der Waals surface area (Å²) in [7, 11) is 1.11. The zero-order valence-corrected chi connectivity index (χ0v) is 13.0. The summed E-state index contributed by atoms with van der Waals surface area (Å²) >= 11 is 0. The lowest BCUT2D eigenvalue weighted by Gasteiger charge is -2.16. The number of anilines is 1. The molecule has 1 N–H and O–H groups in total. The molecular weight excluding hydrogens is 260 g/mol. The Hall–Kier alpha value is -1.07. The Bertz CT molecular complexity index is 498. The summed E-state index contributed by atoms with van der Waals surface area (Å²) in [5.41, 5.74) is 2.18. The number of hydrogen-bond donors (Lipinski definition) is 1. The average molecular weight is 284 g/mol. The lowest BCUT2D eigenvalue weighted by atomic mass is 10.2. The second kappa shape index (κ2) is 6.91. The molecule has 0 amide bonds. The largest absolute Gasteiger partial charge is 0.382 e. The van der Waals surface area contributed by atoms with Crippen molar-refractivity contribution in [1.29, 1.82) is 0 Å². The van der Waals surface area contributed by atoms with E-state index in [1.165, 1.54) is 5.56 Å². The van der Waals surface area contributed by atoms with Crippen LogP contribution in [0.25, 0.3) is 0 Å². The van der Waals surface area contributed by atoms with Gasteiger partial charge in [-0.3, -0.25) is 0 Å². The van der Waals surface area contributed by atoms with E-state index < -0.39 is 9.84 Å². The highest BCUT2D eigenvalue weighted by atomic mass is 32.2. The predicted molar refractivity (Wildman–Crippen MR) is 81.2 cm³/mol. The van der Waals surface area contributed by atoms with Crippen LogP contribution >= 0.6 is 0 Å². The van der Waals surface area contributed by atoms with Gasteiger partial charge in [0.2, 0.25) is 0 Å². The zero-order chi connectivity index (χ0) is 14.5. The van der Waals surface area contributed by atoms with Crippen molar-refractivity contribution in [2.24, 2.45) is 0 Å². The predicted octanol–water partition coefficient (Wildman–Crippen LogP) is 1.98. The Labute approximate surface area is 116 Å². The Morgan fingerprint density at radius 3 is 2.58 bits per heavy atom. The smallest absolute Gasteiger partial charge is 0.152 e. The van der Waals surface area contributed by atoms with Crippen LogP contribution in [-0.4, -0.2) is 45.0 Å². The quantitative estimate of drug-likeness (QED) is 0.832. The van der Waals surface area contributed by atoms with Crippen LogP contribution in [-0.2, 0) is 16.4 Å². The van der Waals surface area contributed by atoms with Crippen molar-refractivity contribution >= 4 is 15.5 Å². The summed E-state index contributed by atoms with van der Waals surface area (Å²) in [6.45, 7) is 4.45. The van der Waals surface area contributed by atoms with Crippen molar-refractivity contribution < 1.29 is 8.42 Å². The molecule has 0 fully saturated rings. The first-order valence-corrected chi connectivity index (χ1v) is 8.35. The van der Waals surface area contributed by atoms with Crippen LogP contribution in [0.3, 0.4) is 0 Å². The lowest BCUT2D eigenvalue weighted by Crippen LogP contribution is -2.26. The van der Waals surface area contributed by atoms with Crippen molar-refractivity contribution in [3.63, 3.8) is 0 Å². The Kier molecular flexibility index (Phi) is 5.82. The maximum absolute atomic E-state index is 11.6. The Morgan fingerprint density at radius 2 is 2.00 bits per heavy atom. The van der Waals surface area contributed by atoms with Crippen LogP contribution < -0.4 is 5.32 Å². The number of hydrogen-bond acceptors (Lipinski definition) is 4. The number of benzene rings is 1. The van der Waals surface area contributed by atoms with Crippen LogP contribution in [0, 0.1) is 0 Å². The number of nitrogens with one attached hydrogen (secondary N) is 1. The molecule has 1 unspecified atom stereocenters. The summed E-state index contributed by atoms with van der Waals surface area (Å²) in [6.07, 6.45) is 0. The van der Waals surface area contributed by atoms with Gasteiger partial charge in [-0.15, -0.1) is 0 Å². The van der Waals surface area contributed by atoms with E-state index in [1.54, 1.807) is 6.92 Å². The van der Waals surface area contributed by atoms with Gasteiger partial charge in [0.05, 0.1) is 5.75 Å². The van der Waals surface area contributed by atoms with Gasteiger partial charge in [0.15, 0.2) is 9.84 Å². The molecule has 0 aliphatic carbocycles. The van der Waals surface area contributed by atoms with E-state index in [-0.39, 0.29) is 17.5 Å². The van der Waals surface area contributed by atoms with Crippen molar-refractivity contribution in [3.8, 4) is 0 Å². The minimum atomic E-state index is -2.94. The normalized spacial score (nSPS) is 13.5. The molecule has 0 saturated carbocycles. The summed E-state index contributed by atoms with van der Waals surface area (Å²) in [6, 6.07) is 8.00. The van der Waals surface area contributed by atoms with Gasteiger partial charge in [-0.1, -0.05) is 19.1 Å². The molecule has 4 nitrogen and oxygen atoms in total. The van der Waals surface area contributed by atoms with Gasteiger partial charge in [0, 0.05) is 24.0 Å². The molecule has 19 heavy (non-hydrogen) atoms. The van der Waals surface area contributed by atoms with Crippen molar-refractivity contribution in [1.82, 2.24) is 4.90 Å². The van der Waals surface area contributed by atoms with Gasteiger partial charge < -0.3 is 10.2 Å². The third kappa shape index (κ3) is 6.07. The van der Waals surface area contributed by atoms with Crippen molar-refractivity contribution in [2.45, 2.75) is 26.4 Å². The summed E-state index contributed by atoms with van der Waals surface area (Å²) in [4.78, 5) is 2.10. The van der Waals surface area contributed by atoms with Crippen LogP contribution in [0.5, 0.6) is 0 Å². The van der Waals surface area contributed by atoms with Gasteiger partial charge >= 0.3 is 0 Å². The molecule has 1 aromatic rings. The number of sulfone groups is 1. The molecule has 5 heteroatoms. The first-order chi connectivity index (χ1) is 8.82. The molecule has 0 saturated heterocycles. The molecule has 0 radical (unpaired) electrons. The second-order valence-electron chi connectivity index (χ2n) is 5.18. The topological polar surface area (TPSA) is 49.4 Å². The summed E-state index contributed by atoms with van der Waals surface area (Å²) in [5.74, 6) is 0.362. The minimum absolute atomic E-state index is 0.0837. The lowest BCUT2D eigenvalue weighted by molar-refractivity contribution is 0.402. The van der Waals surface area contributed by atoms with E-state index in [0.29, 0.717) is 0 Å². The van der Waals surface area contributed by atoms with Crippen LogP contribution in [0.4, 0.5) is 5.69 Å². The second-order valence-corrected chi connectivity index (χ2v) is 7.58. The monoisotopic (exact) mass is 284 g/mol. The SMILES string of the molecule is CCS(=O)(=O)CC(C)Nc1cccc(CN(C)C)c1. The van der Waals surface area contributed by atoms with Gasteiger partial charge in [0.1, 0.15) is 0 Å². The molecule has 1 aromatic carbocycles. The fraction of sp³-hybridized carbons (Fsp3) is 0.571. The highest BCUT2D eigenvalue weighted by Gasteiger charge is 2.13. The number of nitrogens with zero attached hydrogens (tertiary/aromatic N) is 1. The molecule has 0 aliphatic rings. The molecule has 0 heterocycles. The molecule has 0 spiro atoms. The van der Waals surface area contributed by atoms with E-state index in [1.807, 2.05) is 33.2 Å². The molecule has 0 aromatic heterocycles. The summed E-state index contributed by atoms with van der Waals surface area (Å²) in [5, 5.41) is 3.25. The third-order valence-electron chi connectivity index (χ3n) is 2.78. The first-order valence-electron chi connectivity index (χ1n) is 6.53. The van der Waals surface area contributed by atoms with E-state index in [2.05, 4.69) is 22.3 Å². The first kappa shape index (κ1) is 16.0. The average Bonchev–Trinajstić information content (AvgIpc) is 2.27. The van der Waals surface area contributed by atoms with E-state index in [4.69, 9.17) is 0 Å². The van der Waals surface area contributed by atoms with Crippen molar-refractivity contribution in [2.75, 3.05) is 30.9 Å². The molecule has 0 bridgehead atoms. The maximum Gasteiger partial charge on any atom is 0.152 e. The Morgan fingerprint density at radius 1 is 1.32 bits per heavy atom. The van der Waals surface area contributed by atoms with Gasteiger partial charge in [-0.2, -0.15) is 0 Å². The fourth-order valence-electron chi connectivity index (χ4n) is 1.95. The molecule has 1 rings (SSSR count). The highest BCUT2D eigenvalue weighted by molar-refractivity contribution is 7.91. The van der Waals surface area contributed by atoms with E-state index in [0.717, 1.165) is 12.2 Å². The van der Waals surface area contributed by atoms with Gasteiger partial charge in [-0.25, -0.2) is 8.42 Å². The minimum Gasteiger partial charge on any atom is -0.382 e. The van der Waals surface area contributed by atoms with E-state index in [9.17, 15) is 8.42 Å². The third-order valence-corrected chi connectivity index (χ3v) is 4.67. The fourth-order valence-corrected chi connectivity index (χ4v) is 3.03. The van der Waals surface area contributed by atoms with Crippen LogP contribution in [0.15, 0.2) is 24.3 Å². The maximum atomic E-state index is 11.6. The standard InChI is InChI=1S/C14H24N2O2S/c1-5-19(17,18)11-12(2)15-14-8-6-7-13(9-14)10-16(3)4/h6-9,12,15H,5,10-11H2,1-4H3. The highest BCUT2D eigenvalue weighted by Crippen LogP contribution is 2.13. The van der Waals surface area contributed by atoms with Crippen LogP contribution in [0.2, 0.25) is 0 Å². The van der Waals surface area contributed by atoms with Crippen molar-refractivity contribution in [3.05, 3.63) is 29.8 Å². The molecular formula is C14H24N2O2S. The molecule has 108 valence electrons. The van der Waals surface area contributed by atoms with Crippen LogP contribution in [0.1, 0.15) is 19.4 Å². The zero-order valence-electron chi connectivity index (χ0n) is 12.2. The summed E-state index contributed by atoms with van der Waals surface area (Å²) < 4.78 is 23.1. The van der Waals surface area contributed by atoms with E-state index >= 15 is 0 Å².